The summed E-state index contributed by atoms with van der Waals surface area (Å²) in [5.74, 6) is -16.0. The van der Waals surface area contributed by atoms with E-state index in [-0.39, 0.29) is 191 Å². The molecule has 1 aromatic heterocycles. The summed E-state index contributed by atoms with van der Waals surface area (Å²) in [4.78, 5) is 225. The molecule has 0 radical (unpaired) electrons. The Bertz CT molecular complexity index is 5100. The van der Waals surface area contributed by atoms with E-state index < -0.39 is 215 Å². The molecule has 1 fully saturated rings. The van der Waals surface area contributed by atoms with Crippen LogP contribution in [0.1, 0.15) is 159 Å². The number of para-hydroxylation sites is 1. The number of aromatic amines is 1. The number of carbonyl (C=O) groups excluding carboxylic acids is 15. The Balaban J connectivity index is 1.36. The lowest BCUT2D eigenvalue weighted by Crippen LogP contribution is -2.62. The van der Waals surface area contributed by atoms with Crippen LogP contribution in [0.4, 0.5) is 0 Å². The van der Waals surface area contributed by atoms with Crippen LogP contribution in [-0.4, -0.2) is 301 Å². The van der Waals surface area contributed by atoms with E-state index in [9.17, 15) is 38.7 Å². The standard InChI is InChI=1S/C93H149N35O16S2/c1-52(2)73-87(144)122-66(33-18-42-113-93(106)107)79(136)115-60(27-10-11-36-94)75(132)120-67(34-20-44-146(4)57-24-12-23-55(45-57)50-145-51-71(85(142)127-73)126-83(140)69(46-54-21-6-5-7-22-54)124-84(141)70(49-129)125-82(139)65(32-17-41-112-92(104)105)121-86(143)72-35-19-43-128(72)53(3)130)80(137)118-63(30-15-39-110-90(100)101)77(134)116-61(28-13-37-108-88(96)97)76(133)117-62(29-14-38-109-89(98)99)78(135)119-64(31-16-40-111-91(102)103)81(138)123-68(74(95)131)47-56-48-114-59-26-9-8-25-58(56)59/h5-9,12,21-26,45,48,52,60-73,114,129H,10-11,13-20,27-44,46-47,49-51,94H2,1-4H3,(H38-,95,96,97,98,99,100,101,102,103,104,105,106,107,108,109,110,111,112,113,115,116,117,118,119,120,121,122,123,124,125,126,127,131,132,133,134,135,136,137,138,139,140,141,142,143,144)/p+1/t60-,61-,62-,63-,64-,65-,66-,67-,68-,69-,70-,71-,72-,73-,146?/m0/s1. The molecule has 0 aliphatic carbocycles. The predicted octanol–water partition coefficient (Wildman–Crippen LogP) is -6.56. The van der Waals surface area contributed by atoms with Gasteiger partial charge in [0.1, 0.15) is 96.6 Å². The zero-order valence-corrected chi connectivity index (χ0v) is 84.7. The maximum atomic E-state index is 15.6. The van der Waals surface area contributed by atoms with Crippen molar-refractivity contribution in [2.75, 3.05) is 76.7 Å². The molecule has 43 N–H and O–H groups in total. The first-order chi connectivity index (χ1) is 69.6. The van der Waals surface area contributed by atoms with Gasteiger partial charge in [-0.3, -0.25) is 104 Å². The van der Waals surface area contributed by atoms with Crippen molar-refractivity contribution >= 4 is 158 Å². The number of rotatable bonds is 53. The largest absolute Gasteiger partial charge is 0.394 e. The minimum Gasteiger partial charge on any atom is -0.394 e. The monoisotopic (exact) mass is 2080 g/mol. The maximum absolute atomic E-state index is 15.6. The molecule has 53 heteroatoms. The van der Waals surface area contributed by atoms with Gasteiger partial charge in [0, 0.05) is 105 Å². The number of primary amides is 1. The molecule has 804 valence electrons. The summed E-state index contributed by atoms with van der Waals surface area (Å²) in [5, 5.41) is 110. The molecule has 6 rings (SSSR count). The van der Waals surface area contributed by atoms with Gasteiger partial charge in [0.2, 0.25) is 88.6 Å². The first kappa shape index (κ1) is 120. The molecule has 2 aliphatic heterocycles. The van der Waals surface area contributed by atoms with Gasteiger partial charge in [0.15, 0.2) is 40.7 Å². The Hall–Kier alpha value is -14.5. The smallest absolute Gasteiger partial charge is 0.245 e. The third-order valence-electron chi connectivity index (χ3n) is 24.0. The summed E-state index contributed by atoms with van der Waals surface area (Å²) < 4.78 is 0. The van der Waals surface area contributed by atoms with E-state index in [4.69, 9.17) is 78.3 Å². The average molecular weight is 2080 g/mol. The highest BCUT2D eigenvalue weighted by atomic mass is 32.2. The number of amides is 15. The third kappa shape index (κ3) is 43.2. The van der Waals surface area contributed by atoms with E-state index >= 15 is 38.4 Å². The summed E-state index contributed by atoms with van der Waals surface area (Å²) in [6.07, 6.45) is 4.00. The summed E-state index contributed by atoms with van der Waals surface area (Å²) in [6.45, 7) is 4.03. The topological polar surface area (TPSA) is 875 Å². The Morgan fingerprint density at radius 1 is 0.479 bits per heavy atom. The molecule has 15 atom stereocenters. The van der Waals surface area contributed by atoms with Crippen molar-refractivity contribution in [1.29, 1.82) is 32.5 Å². The number of unbranched alkanes of at least 4 members (excludes halogenated alkanes) is 1. The van der Waals surface area contributed by atoms with Crippen molar-refractivity contribution in [2.24, 2.45) is 51.8 Å². The number of likely N-dealkylation sites (tertiary alicyclic amines) is 1. The Morgan fingerprint density at radius 2 is 0.932 bits per heavy atom. The third-order valence-corrected chi connectivity index (χ3v) is 27.1. The zero-order valence-electron chi connectivity index (χ0n) is 83.0. The molecule has 51 nitrogen and oxygen atoms in total. The van der Waals surface area contributed by atoms with E-state index in [1.54, 1.807) is 56.4 Å². The van der Waals surface area contributed by atoms with Crippen molar-refractivity contribution in [3.05, 3.63) is 102 Å². The number of aliphatic hydroxyl groups excluding tert-OH is 1. The van der Waals surface area contributed by atoms with E-state index in [1.165, 1.54) is 23.6 Å². The maximum Gasteiger partial charge on any atom is 0.245 e. The quantitative estimate of drug-likeness (QED) is 0.00846. The van der Waals surface area contributed by atoms with Gasteiger partial charge in [-0.2, -0.15) is 11.8 Å². The van der Waals surface area contributed by atoms with Gasteiger partial charge in [0.05, 0.1) is 6.61 Å². The fourth-order valence-corrected chi connectivity index (χ4v) is 18.7. The molecule has 146 heavy (non-hydrogen) atoms. The predicted molar refractivity (Wildman–Crippen MR) is 555 cm³/mol. The Kier molecular flexibility index (Phi) is 52.3. The molecule has 0 saturated carbocycles. The Morgan fingerprint density at radius 3 is 1.42 bits per heavy atom. The number of hydrogen-bond acceptors (Lipinski definition) is 24. The lowest BCUT2D eigenvalue weighted by molar-refractivity contribution is -0.139. The van der Waals surface area contributed by atoms with Crippen LogP contribution in [0.2, 0.25) is 0 Å². The van der Waals surface area contributed by atoms with Crippen LogP contribution in [0.3, 0.4) is 0 Å². The van der Waals surface area contributed by atoms with Crippen molar-refractivity contribution in [1.82, 2.24) is 111 Å². The number of hydrogen-bond donors (Lipinski definition) is 35. The minimum atomic E-state index is -1.76. The van der Waals surface area contributed by atoms with Gasteiger partial charge in [0.25, 0.3) is 0 Å². The summed E-state index contributed by atoms with van der Waals surface area (Å²) in [7, 11) is -0.652. The van der Waals surface area contributed by atoms with Crippen LogP contribution in [0.15, 0.2) is 90.0 Å². The molecule has 4 aromatic rings. The lowest BCUT2D eigenvalue weighted by atomic mass is 10.0. The number of nitrogens with two attached hydrogens (primary N) is 8. The molecule has 3 heterocycles. The SMILES string of the molecule is CC(=O)N1CCC[C@H]1C(=O)N[C@@H](CCCNC(=N)N)C(=O)N[C@@H](CO)C(=O)N[C@@H](Cc1ccccc1)C(=O)N[C@H]1CSCc2cccc(c2)[S+](C)CCC[C@@H](C(=O)N[C@@H](CCCNC(=N)N)C(=O)N[C@@H](CCCNC(=N)N)C(=O)N[C@@H](CCCNC(=N)N)C(=O)N[C@@H](CCCNC(=N)N)C(=O)N[C@@H](Cc2c[nH]c3ccccc23)C(N)=O)NC(=O)[C@H](CCCCN)NC(=O)[C@H](CCCNC(=N)N)NC(=O)[C@H](C(C)C)NC1=O. The number of aromatic nitrogens is 1. The van der Waals surface area contributed by atoms with E-state index in [0.29, 0.717) is 42.7 Å². The highest BCUT2D eigenvalue weighted by Gasteiger charge is 2.41. The average Bonchev–Trinajstić information content (AvgIpc) is 1.72. The molecular weight excluding hydrogens is 1930 g/mol. The molecule has 15 amide bonds. The van der Waals surface area contributed by atoms with Crippen molar-refractivity contribution in [3.8, 4) is 0 Å². The molecular formula is C93H150N35O16S2+. The molecule has 1 saturated heterocycles. The van der Waals surface area contributed by atoms with Crippen LogP contribution in [0.5, 0.6) is 0 Å². The Labute approximate surface area is 855 Å². The van der Waals surface area contributed by atoms with Gasteiger partial charge in [-0.1, -0.05) is 74.5 Å². The number of thioether (sulfide) groups is 1. The first-order valence-electron chi connectivity index (χ1n) is 48.7. The summed E-state index contributed by atoms with van der Waals surface area (Å²) in [6, 6.07) is 2.53. The van der Waals surface area contributed by atoms with Crippen LogP contribution in [0, 0.1) is 38.4 Å². The second-order valence-electron chi connectivity index (χ2n) is 36.0. The van der Waals surface area contributed by atoms with Gasteiger partial charge < -0.3 is 162 Å². The van der Waals surface area contributed by atoms with Gasteiger partial charge in [-0.15, -0.1) is 0 Å². The highest BCUT2D eigenvalue weighted by molar-refractivity contribution is 7.98. The number of nitrogens with zero attached hydrogens (tertiary/aromatic N) is 1. The summed E-state index contributed by atoms with van der Waals surface area (Å²) in [5.41, 5.74) is 48.3. The number of aliphatic hydroxyl groups is 1. The normalized spacial score (nSPS) is 18.5. The van der Waals surface area contributed by atoms with E-state index in [0.717, 1.165) is 21.4 Å². The second kappa shape index (κ2) is 63.6. The number of benzene rings is 3. The lowest BCUT2D eigenvalue weighted by Gasteiger charge is -2.29. The summed E-state index contributed by atoms with van der Waals surface area (Å²) >= 11 is 1.21. The number of carbonyl (C=O) groups is 15. The first-order valence-corrected chi connectivity index (χ1v) is 51.7. The molecule has 2 aliphatic rings. The zero-order chi connectivity index (χ0) is 107. The molecule has 1 unspecified atom stereocenters. The van der Waals surface area contributed by atoms with E-state index in [1.807, 2.05) is 48.7 Å². The van der Waals surface area contributed by atoms with Gasteiger partial charge in [-0.25, -0.2) is 0 Å². The van der Waals surface area contributed by atoms with Crippen molar-refractivity contribution in [3.63, 3.8) is 0 Å². The number of guanidine groups is 6. The van der Waals surface area contributed by atoms with Crippen LogP contribution in [-0.2, 0) is 101 Å². The molecule has 3 aromatic carbocycles. The van der Waals surface area contributed by atoms with Crippen LogP contribution in [0.25, 0.3) is 10.9 Å². The van der Waals surface area contributed by atoms with Crippen LogP contribution >= 0.6 is 11.8 Å². The number of H-pyrrole nitrogens is 1. The van der Waals surface area contributed by atoms with E-state index in [2.05, 4.69) is 106 Å². The van der Waals surface area contributed by atoms with Gasteiger partial charge >= 0.3 is 0 Å². The highest BCUT2D eigenvalue weighted by Crippen LogP contribution is 2.25. The fourth-order valence-electron chi connectivity index (χ4n) is 16.2. The molecule has 0 spiro atoms. The second-order valence-corrected chi connectivity index (χ2v) is 39.2. The van der Waals surface area contributed by atoms with Crippen LogP contribution < -0.4 is 147 Å². The minimum absolute atomic E-state index is 0.000108. The number of nitrogens with one attached hydrogen (secondary N) is 26. The van der Waals surface area contributed by atoms with Crippen molar-refractivity contribution < 1.29 is 77.0 Å². The van der Waals surface area contributed by atoms with Crippen molar-refractivity contribution in [2.45, 2.75) is 251 Å². The molecule has 2 bridgehead atoms. The number of fused-ring (bicyclic) bond motifs is 3. The fraction of sp³-hybridized carbons (Fsp3) is 0.559. The van der Waals surface area contributed by atoms with Gasteiger partial charge in [-0.05, 0) is 169 Å².